The van der Waals surface area contributed by atoms with E-state index in [0.717, 1.165) is 29.9 Å². The van der Waals surface area contributed by atoms with Crippen LogP contribution in [0, 0.1) is 5.92 Å². The number of hydrogen-bond acceptors (Lipinski definition) is 7. The van der Waals surface area contributed by atoms with E-state index in [0.29, 0.717) is 29.0 Å². The quantitative estimate of drug-likeness (QED) is 0.236. The zero-order valence-corrected chi connectivity index (χ0v) is 19.8. The minimum Gasteiger partial charge on any atom is -0.493 e. The zero-order valence-electron chi connectivity index (χ0n) is 19.0. The molecule has 0 atom stereocenters. The summed E-state index contributed by atoms with van der Waals surface area (Å²) in [6.45, 7) is 4.84. The van der Waals surface area contributed by atoms with Gasteiger partial charge in [-0.1, -0.05) is 44.2 Å². The van der Waals surface area contributed by atoms with E-state index in [-0.39, 0.29) is 16.3 Å². The third-order valence-corrected chi connectivity index (χ3v) is 6.18. The first-order valence-electron chi connectivity index (χ1n) is 10.9. The fourth-order valence-corrected chi connectivity index (χ4v) is 4.36. The maximum atomic E-state index is 11.9. The highest BCUT2D eigenvalue weighted by molar-refractivity contribution is 7.86. The first kappa shape index (κ1) is 23.6. The van der Waals surface area contributed by atoms with Crippen LogP contribution in [0.1, 0.15) is 32.4 Å². The predicted octanol–water partition coefficient (Wildman–Crippen LogP) is 6.21. The fraction of sp³-hybridized carbons (Fsp3) is 0.240. The number of aromatic nitrogens is 1. The largest absolute Gasteiger partial charge is 0.493 e. The first-order chi connectivity index (χ1) is 16.2. The minimum absolute atomic E-state index is 0.137. The molecule has 0 radical (unpaired) electrons. The molecule has 0 aliphatic heterocycles. The van der Waals surface area contributed by atoms with Crippen molar-refractivity contribution in [1.29, 1.82) is 0 Å². The molecule has 0 amide bonds. The van der Waals surface area contributed by atoms with E-state index in [1.54, 1.807) is 36.5 Å². The maximum Gasteiger partial charge on any atom is 0.295 e. The number of benzene rings is 2. The Labute approximate surface area is 198 Å². The van der Waals surface area contributed by atoms with Gasteiger partial charge in [0.15, 0.2) is 0 Å². The lowest BCUT2D eigenvalue weighted by atomic mass is 10.0. The van der Waals surface area contributed by atoms with E-state index in [1.165, 1.54) is 6.07 Å². The highest BCUT2D eigenvalue weighted by Gasteiger charge is 2.18. The maximum absolute atomic E-state index is 11.9. The number of allylic oxidation sites excluding steroid dienone is 3. The first-order valence-corrected chi connectivity index (χ1v) is 12.4. The van der Waals surface area contributed by atoms with Crippen LogP contribution in [-0.2, 0) is 14.9 Å². The summed E-state index contributed by atoms with van der Waals surface area (Å²) >= 11 is 0. The second kappa shape index (κ2) is 9.74. The number of ether oxygens (including phenoxy) is 1. The van der Waals surface area contributed by atoms with Crippen LogP contribution in [0.4, 0.5) is 17.1 Å². The summed E-state index contributed by atoms with van der Waals surface area (Å²) in [7, 11) is -4.48. The molecule has 3 aromatic rings. The molecule has 1 aliphatic carbocycles. The molecule has 1 heterocycles. The number of azo groups is 1. The molecule has 176 valence electrons. The summed E-state index contributed by atoms with van der Waals surface area (Å²) in [5.41, 5.74) is 8.80. The smallest absolute Gasteiger partial charge is 0.295 e. The van der Waals surface area contributed by atoms with Crippen molar-refractivity contribution in [3.05, 3.63) is 72.3 Å². The van der Waals surface area contributed by atoms with E-state index < -0.39 is 10.1 Å². The molecule has 0 bridgehead atoms. The van der Waals surface area contributed by atoms with Crippen LogP contribution >= 0.6 is 0 Å². The Kier molecular flexibility index (Phi) is 6.76. The van der Waals surface area contributed by atoms with Gasteiger partial charge < -0.3 is 10.5 Å². The van der Waals surface area contributed by atoms with Gasteiger partial charge in [-0.25, -0.2) is 0 Å². The molecule has 0 unspecified atom stereocenters. The van der Waals surface area contributed by atoms with Crippen LogP contribution in [0.15, 0.2) is 81.7 Å². The molecule has 8 nitrogen and oxygen atoms in total. The normalized spacial score (nSPS) is 14.5. The van der Waals surface area contributed by atoms with E-state index >= 15 is 0 Å². The van der Waals surface area contributed by atoms with Gasteiger partial charge in [0.25, 0.3) is 10.1 Å². The Hall–Kier alpha value is -3.56. The van der Waals surface area contributed by atoms with E-state index in [4.69, 9.17) is 10.5 Å². The molecular weight excluding hydrogens is 452 g/mol. The molecule has 34 heavy (non-hydrogen) atoms. The van der Waals surface area contributed by atoms with Crippen molar-refractivity contribution in [1.82, 2.24) is 4.98 Å². The number of nitrogens with zero attached hydrogens (tertiary/aromatic N) is 3. The van der Waals surface area contributed by atoms with Gasteiger partial charge >= 0.3 is 0 Å². The van der Waals surface area contributed by atoms with Gasteiger partial charge in [-0.15, -0.1) is 10.2 Å². The molecule has 1 aromatic heterocycles. The molecule has 0 fully saturated rings. The highest BCUT2D eigenvalue weighted by atomic mass is 32.2. The van der Waals surface area contributed by atoms with Gasteiger partial charge in [0.1, 0.15) is 22.0 Å². The van der Waals surface area contributed by atoms with E-state index in [9.17, 15) is 13.0 Å². The van der Waals surface area contributed by atoms with Crippen LogP contribution < -0.4 is 5.73 Å². The highest BCUT2D eigenvalue weighted by Crippen LogP contribution is 2.37. The SMILES string of the molecule is CC(C)COC1=CCCC=C1c1ccc(/N=N/c2cc(S(=O)(=O)O)c3ccccc3c2N)cn1. The third-order valence-electron chi connectivity index (χ3n) is 5.28. The van der Waals surface area contributed by atoms with Gasteiger partial charge in [-0.2, -0.15) is 8.42 Å². The van der Waals surface area contributed by atoms with E-state index in [1.807, 2.05) is 6.07 Å². The summed E-state index contributed by atoms with van der Waals surface area (Å²) in [5, 5.41) is 9.09. The van der Waals surface area contributed by atoms with Crippen LogP contribution in [0.2, 0.25) is 0 Å². The number of rotatable bonds is 7. The van der Waals surface area contributed by atoms with Crippen LogP contribution in [0.5, 0.6) is 0 Å². The predicted molar refractivity (Wildman–Crippen MR) is 133 cm³/mol. The number of pyridine rings is 1. The van der Waals surface area contributed by atoms with E-state index in [2.05, 4.69) is 41.2 Å². The number of fused-ring (bicyclic) bond motifs is 1. The molecule has 4 rings (SSSR count). The van der Waals surface area contributed by atoms with Gasteiger partial charge in [0, 0.05) is 16.3 Å². The Morgan fingerprint density at radius 1 is 1.09 bits per heavy atom. The van der Waals surface area contributed by atoms with Crippen LogP contribution in [0.3, 0.4) is 0 Å². The number of anilines is 1. The lowest BCUT2D eigenvalue weighted by molar-refractivity contribution is 0.191. The second-order valence-electron chi connectivity index (χ2n) is 8.40. The number of nitrogens with two attached hydrogens (primary N) is 1. The lowest BCUT2D eigenvalue weighted by Crippen LogP contribution is -2.06. The summed E-state index contributed by atoms with van der Waals surface area (Å²) in [6, 6.07) is 11.5. The average Bonchev–Trinajstić information content (AvgIpc) is 2.82. The van der Waals surface area contributed by atoms with Gasteiger partial charge in [0.05, 0.1) is 24.2 Å². The van der Waals surface area contributed by atoms with Crippen LogP contribution in [0.25, 0.3) is 16.3 Å². The molecule has 0 spiro atoms. The topological polar surface area (TPSA) is 127 Å². The number of hydrogen-bond donors (Lipinski definition) is 2. The lowest BCUT2D eigenvalue weighted by Gasteiger charge is -2.18. The summed E-state index contributed by atoms with van der Waals surface area (Å²) in [5.74, 6) is 1.26. The molecule has 2 aromatic carbocycles. The van der Waals surface area contributed by atoms with Gasteiger partial charge in [-0.3, -0.25) is 9.54 Å². The van der Waals surface area contributed by atoms with Crippen molar-refractivity contribution < 1.29 is 17.7 Å². The van der Waals surface area contributed by atoms with Gasteiger partial charge in [0.2, 0.25) is 0 Å². The fourth-order valence-electron chi connectivity index (χ4n) is 3.64. The third kappa shape index (κ3) is 5.16. The molecule has 9 heteroatoms. The van der Waals surface area contributed by atoms with Crippen LogP contribution in [-0.4, -0.2) is 24.6 Å². The standard InChI is InChI=1S/C25H26N4O4S/c1-16(2)15-33-23-10-6-5-9-20(23)21-12-11-17(14-27-21)28-29-22-13-24(34(30,31)32)18-7-3-4-8-19(18)25(22)26/h3-4,7-14,16H,5-6,15,26H2,1-2H3,(H,30,31,32)/b29-28+. The summed E-state index contributed by atoms with van der Waals surface area (Å²) < 4.78 is 39.4. The monoisotopic (exact) mass is 478 g/mol. The Balaban J connectivity index is 1.62. The van der Waals surface area contributed by atoms with Gasteiger partial charge in [-0.05, 0) is 43.0 Å². The Morgan fingerprint density at radius 2 is 1.82 bits per heavy atom. The zero-order chi connectivity index (χ0) is 24.3. The number of nitrogen functional groups attached to an aromatic ring is 1. The summed E-state index contributed by atoms with van der Waals surface area (Å²) in [4.78, 5) is 4.24. The van der Waals surface area contributed by atoms with Crippen molar-refractivity contribution in [3.63, 3.8) is 0 Å². The molecule has 0 saturated carbocycles. The molecular formula is C25H26N4O4S. The molecule has 0 saturated heterocycles. The molecule has 1 aliphatic rings. The van der Waals surface area contributed by atoms with Crippen molar-refractivity contribution in [2.45, 2.75) is 31.6 Å². The summed E-state index contributed by atoms with van der Waals surface area (Å²) in [6.07, 6.45) is 7.63. The second-order valence-corrected chi connectivity index (χ2v) is 9.79. The Bertz CT molecular complexity index is 1410. The van der Waals surface area contributed by atoms with Crippen molar-refractivity contribution >= 4 is 43.5 Å². The van der Waals surface area contributed by atoms with Crippen molar-refractivity contribution in [2.75, 3.05) is 12.3 Å². The molecule has 3 N–H and O–H groups in total. The Morgan fingerprint density at radius 3 is 2.50 bits per heavy atom. The van der Waals surface area contributed by atoms with Crippen molar-refractivity contribution in [3.8, 4) is 0 Å². The van der Waals surface area contributed by atoms with Crippen molar-refractivity contribution in [2.24, 2.45) is 16.1 Å². The average molecular weight is 479 g/mol. The minimum atomic E-state index is -4.48.